The zero-order chi connectivity index (χ0) is 17.1. The Labute approximate surface area is 138 Å². The molecule has 6 heteroatoms. The van der Waals surface area contributed by atoms with Crippen molar-refractivity contribution in [1.82, 2.24) is 14.7 Å². The van der Waals surface area contributed by atoms with Crippen molar-refractivity contribution in [3.8, 4) is 0 Å². The molecule has 0 radical (unpaired) electrons. The molecule has 0 saturated heterocycles. The van der Waals surface area contributed by atoms with Crippen LogP contribution in [0.3, 0.4) is 0 Å². The van der Waals surface area contributed by atoms with Gasteiger partial charge >= 0.3 is 0 Å². The minimum atomic E-state index is -0.907. The first-order valence-electron chi connectivity index (χ1n) is 7.68. The van der Waals surface area contributed by atoms with Crippen LogP contribution in [0.2, 0.25) is 0 Å². The molecule has 0 aliphatic heterocycles. The van der Waals surface area contributed by atoms with Crippen molar-refractivity contribution in [3.05, 3.63) is 71.9 Å². The van der Waals surface area contributed by atoms with Crippen molar-refractivity contribution in [2.45, 2.75) is 25.5 Å². The van der Waals surface area contributed by atoms with Gasteiger partial charge in [-0.1, -0.05) is 18.2 Å². The summed E-state index contributed by atoms with van der Waals surface area (Å²) in [7, 11) is 0. The van der Waals surface area contributed by atoms with Gasteiger partial charge in [0.15, 0.2) is 0 Å². The average molecular weight is 327 g/mol. The van der Waals surface area contributed by atoms with Crippen molar-refractivity contribution in [1.29, 1.82) is 0 Å². The van der Waals surface area contributed by atoms with E-state index in [0.29, 0.717) is 11.3 Å². The highest BCUT2D eigenvalue weighted by Crippen LogP contribution is 2.17. The van der Waals surface area contributed by atoms with E-state index in [9.17, 15) is 14.3 Å². The van der Waals surface area contributed by atoms with Crippen LogP contribution in [0, 0.1) is 5.82 Å². The lowest BCUT2D eigenvalue weighted by molar-refractivity contribution is -0.121. The molecule has 0 fully saturated rings. The summed E-state index contributed by atoms with van der Waals surface area (Å²) in [6.45, 7) is 1.70. The number of amides is 1. The van der Waals surface area contributed by atoms with Gasteiger partial charge in [-0.3, -0.25) is 4.79 Å². The van der Waals surface area contributed by atoms with Crippen molar-refractivity contribution in [3.63, 3.8) is 0 Å². The highest BCUT2D eigenvalue weighted by molar-refractivity contribution is 5.78. The van der Waals surface area contributed by atoms with E-state index in [4.69, 9.17) is 0 Å². The predicted molar refractivity (Wildman–Crippen MR) is 87.9 cm³/mol. The zero-order valence-corrected chi connectivity index (χ0v) is 13.2. The summed E-state index contributed by atoms with van der Waals surface area (Å²) in [6.07, 6.45) is 2.89. The van der Waals surface area contributed by atoms with Gasteiger partial charge in [-0.25, -0.2) is 9.37 Å². The van der Waals surface area contributed by atoms with Gasteiger partial charge in [0, 0.05) is 12.4 Å². The van der Waals surface area contributed by atoms with E-state index >= 15 is 0 Å². The Bertz CT molecular complexity index is 812. The van der Waals surface area contributed by atoms with Crippen LogP contribution < -0.4 is 5.32 Å². The third-order valence-electron chi connectivity index (χ3n) is 3.83. The number of hydrogen-bond acceptors (Lipinski definition) is 3. The fraction of sp³-hybridized carbons (Fsp3) is 0.222. The quantitative estimate of drug-likeness (QED) is 0.755. The Morgan fingerprint density at radius 2 is 2.04 bits per heavy atom. The van der Waals surface area contributed by atoms with E-state index < -0.39 is 12.1 Å². The van der Waals surface area contributed by atoms with Crippen LogP contribution in [0.15, 0.2) is 54.9 Å². The SMILES string of the molecule is CC(NC(=O)Cc1cn2ccccc2n1)C(O)c1ccc(F)cc1. The largest absolute Gasteiger partial charge is 0.386 e. The van der Waals surface area contributed by atoms with Crippen molar-refractivity contribution < 1.29 is 14.3 Å². The maximum atomic E-state index is 12.9. The van der Waals surface area contributed by atoms with Gasteiger partial charge in [-0.15, -0.1) is 0 Å². The number of halogens is 1. The molecule has 124 valence electrons. The monoisotopic (exact) mass is 327 g/mol. The molecule has 2 aromatic heterocycles. The Kier molecular flexibility index (Phi) is 4.57. The number of aliphatic hydroxyl groups is 1. The molecule has 1 amide bonds. The van der Waals surface area contributed by atoms with Crippen LogP contribution in [0.4, 0.5) is 4.39 Å². The zero-order valence-electron chi connectivity index (χ0n) is 13.2. The molecule has 0 spiro atoms. The van der Waals surface area contributed by atoms with E-state index in [1.54, 1.807) is 13.1 Å². The maximum absolute atomic E-state index is 12.9. The lowest BCUT2D eigenvalue weighted by Gasteiger charge is -2.20. The molecule has 2 N–H and O–H groups in total. The van der Waals surface area contributed by atoms with Crippen molar-refractivity contribution >= 4 is 11.6 Å². The van der Waals surface area contributed by atoms with Crippen LogP contribution in [0.25, 0.3) is 5.65 Å². The molecule has 2 heterocycles. The van der Waals surface area contributed by atoms with Gasteiger partial charge in [-0.05, 0) is 36.8 Å². The molecular weight excluding hydrogens is 309 g/mol. The van der Waals surface area contributed by atoms with E-state index in [-0.39, 0.29) is 18.1 Å². The second kappa shape index (κ2) is 6.80. The normalized spacial score (nSPS) is 13.6. The first-order chi connectivity index (χ1) is 11.5. The summed E-state index contributed by atoms with van der Waals surface area (Å²) >= 11 is 0. The summed E-state index contributed by atoms with van der Waals surface area (Å²) in [5.74, 6) is -0.596. The smallest absolute Gasteiger partial charge is 0.226 e. The summed E-state index contributed by atoms with van der Waals surface area (Å²) < 4.78 is 14.8. The number of pyridine rings is 1. The molecule has 3 aromatic rings. The molecule has 1 aromatic carbocycles. The molecule has 5 nitrogen and oxygen atoms in total. The van der Waals surface area contributed by atoms with Crippen LogP contribution >= 0.6 is 0 Å². The Hall–Kier alpha value is -2.73. The Morgan fingerprint density at radius 1 is 1.29 bits per heavy atom. The van der Waals surface area contributed by atoms with E-state index in [1.807, 2.05) is 28.8 Å². The molecular formula is C18H18FN3O2. The Balaban J connectivity index is 1.62. The number of nitrogens with zero attached hydrogens (tertiary/aromatic N) is 2. The van der Waals surface area contributed by atoms with Crippen LogP contribution in [0.5, 0.6) is 0 Å². The van der Waals surface area contributed by atoms with Crippen molar-refractivity contribution in [2.24, 2.45) is 0 Å². The number of fused-ring (bicyclic) bond motifs is 1. The average Bonchev–Trinajstić information content (AvgIpc) is 2.96. The number of carbonyl (C=O) groups excluding carboxylic acids is 1. The summed E-state index contributed by atoms with van der Waals surface area (Å²) in [4.78, 5) is 16.5. The topological polar surface area (TPSA) is 66.6 Å². The number of benzene rings is 1. The summed E-state index contributed by atoms with van der Waals surface area (Å²) in [6, 6.07) is 10.7. The van der Waals surface area contributed by atoms with Crippen LogP contribution in [-0.2, 0) is 11.2 Å². The Morgan fingerprint density at radius 3 is 2.75 bits per heavy atom. The van der Waals surface area contributed by atoms with Gasteiger partial charge in [0.2, 0.25) is 5.91 Å². The molecule has 3 rings (SSSR count). The van der Waals surface area contributed by atoms with Crippen molar-refractivity contribution in [2.75, 3.05) is 0 Å². The van der Waals surface area contributed by atoms with E-state index in [2.05, 4.69) is 10.3 Å². The number of nitrogens with one attached hydrogen (secondary N) is 1. The third kappa shape index (κ3) is 3.60. The third-order valence-corrected chi connectivity index (χ3v) is 3.83. The fourth-order valence-electron chi connectivity index (χ4n) is 2.57. The molecule has 24 heavy (non-hydrogen) atoms. The second-order valence-electron chi connectivity index (χ2n) is 5.73. The first kappa shape index (κ1) is 16.1. The number of carbonyl (C=O) groups is 1. The molecule has 2 atom stereocenters. The van der Waals surface area contributed by atoms with Gasteiger partial charge in [0.1, 0.15) is 11.5 Å². The van der Waals surface area contributed by atoms with E-state index in [1.165, 1.54) is 24.3 Å². The minimum Gasteiger partial charge on any atom is -0.386 e. The molecule has 0 saturated carbocycles. The lowest BCUT2D eigenvalue weighted by Crippen LogP contribution is -2.38. The van der Waals surface area contributed by atoms with Crippen LogP contribution in [0.1, 0.15) is 24.3 Å². The number of imidazole rings is 1. The first-order valence-corrected chi connectivity index (χ1v) is 7.68. The maximum Gasteiger partial charge on any atom is 0.226 e. The standard InChI is InChI=1S/C18H18FN3O2/c1-12(18(24)13-5-7-14(19)8-6-13)20-17(23)10-15-11-22-9-3-2-4-16(22)21-15/h2-9,11-12,18,24H,10H2,1H3,(H,20,23). The molecule has 2 unspecified atom stereocenters. The number of aliphatic hydroxyl groups excluding tert-OH is 1. The van der Waals surface area contributed by atoms with Gasteiger partial charge < -0.3 is 14.8 Å². The van der Waals surface area contributed by atoms with Gasteiger partial charge in [0.05, 0.1) is 24.3 Å². The predicted octanol–water partition coefficient (Wildman–Crippen LogP) is 2.25. The molecule has 0 aliphatic carbocycles. The lowest BCUT2D eigenvalue weighted by atomic mass is 10.0. The molecule has 0 aliphatic rings. The van der Waals surface area contributed by atoms with Gasteiger partial charge in [0.25, 0.3) is 0 Å². The summed E-state index contributed by atoms with van der Waals surface area (Å²) in [5.41, 5.74) is 1.98. The van der Waals surface area contributed by atoms with E-state index in [0.717, 1.165) is 5.65 Å². The fourth-order valence-corrected chi connectivity index (χ4v) is 2.57. The molecule has 0 bridgehead atoms. The number of aromatic nitrogens is 2. The number of rotatable bonds is 5. The number of hydrogen-bond donors (Lipinski definition) is 2. The van der Waals surface area contributed by atoms with Crippen LogP contribution in [-0.4, -0.2) is 26.4 Å². The van der Waals surface area contributed by atoms with Gasteiger partial charge in [-0.2, -0.15) is 0 Å². The highest BCUT2D eigenvalue weighted by Gasteiger charge is 2.19. The minimum absolute atomic E-state index is 0.127. The summed E-state index contributed by atoms with van der Waals surface area (Å²) in [5, 5.41) is 13.0. The highest BCUT2D eigenvalue weighted by atomic mass is 19.1. The second-order valence-corrected chi connectivity index (χ2v) is 5.73.